The highest BCUT2D eigenvalue weighted by atomic mass is 35.5. The average molecular weight is 502 g/mol. The van der Waals surface area contributed by atoms with Crippen LogP contribution in [-0.2, 0) is 21.9 Å². The van der Waals surface area contributed by atoms with Gasteiger partial charge in [0.25, 0.3) is 0 Å². The number of halogens is 3. The van der Waals surface area contributed by atoms with Crippen molar-refractivity contribution in [3.63, 3.8) is 0 Å². The maximum atomic E-state index is 13.1. The van der Waals surface area contributed by atoms with E-state index in [9.17, 15) is 9.59 Å². The molecule has 0 saturated carbocycles. The summed E-state index contributed by atoms with van der Waals surface area (Å²) < 4.78 is 0. The molecule has 0 saturated heterocycles. The zero-order valence-corrected chi connectivity index (χ0v) is 21.1. The lowest BCUT2D eigenvalue weighted by Gasteiger charge is -2.31. The molecule has 0 unspecified atom stereocenters. The summed E-state index contributed by atoms with van der Waals surface area (Å²) in [6, 6.07) is 12.0. The molecular weight excluding hydrogens is 475 g/mol. The number of carbonyl (C=O) groups excluding carboxylic acids is 2. The minimum absolute atomic E-state index is 0.148. The first-order valence-electron chi connectivity index (χ1n) is 9.84. The van der Waals surface area contributed by atoms with Crippen molar-refractivity contribution >= 4 is 58.4 Å². The lowest BCUT2D eigenvalue weighted by Crippen LogP contribution is -2.52. The van der Waals surface area contributed by atoms with Crippen LogP contribution < -0.4 is 5.32 Å². The Kier molecular flexibility index (Phi) is 9.56. The SMILES string of the molecule is C[C@@H](C(=O)NC(C)(C)C)N(Cc1cccc(Cl)c1)C(=O)CSCc1c(Cl)cccc1Cl. The van der Waals surface area contributed by atoms with Crippen LogP contribution in [-0.4, -0.2) is 34.0 Å². The lowest BCUT2D eigenvalue weighted by atomic mass is 10.1. The van der Waals surface area contributed by atoms with Gasteiger partial charge in [0.05, 0.1) is 5.75 Å². The molecule has 2 rings (SSSR count). The number of amides is 2. The van der Waals surface area contributed by atoms with E-state index in [-0.39, 0.29) is 24.1 Å². The van der Waals surface area contributed by atoms with Crippen LogP contribution >= 0.6 is 46.6 Å². The molecule has 1 N–H and O–H groups in total. The fourth-order valence-electron chi connectivity index (χ4n) is 2.88. The van der Waals surface area contributed by atoms with Crippen molar-refractivity contribution in [2.45, 2.75) is 51.6 Å². The van der Waals surface area contributed by atoms with Crippen LogP contribution in [0.15, 0.2) is 42.5 Å². The first-order valence-corrected chi connectivity index (χ1v) is 12.1. The standard InChI is InChI=1S/C23H27Cl3N2O2S/c1-15(22(30)27-23(2,3)4)28(12-16-7-5-8-17(24)11-16)21(29)14-31-13-18-19(25)9-6-10-20(18)26/h5-11,15H,12-14H2,1-4H3,(H,27,30)/t15-/m0/s1. The van der Waals surface area contributed by atoms with E-state index in [4.69, 9.17) is 34.8 Å². The molecule has 8 heteroatoms. The topological polar surface area (TPSA) is 49.4 Å². The van der Waals surface area contributed by atoms with Crippen molar-refractivity contribution in [2.24, 2.45) is 0 Å². The fraction of sp³-hybridized carbons (Fsp3) is 0.391. The first-order chi connectivity index (χ1) is 14.5. The molecule has 0 radical (unpaired) electrons. The number of rotatable bonds is 8. The quantitative estimate of drug-likeness (QED) is 0.468. The molecule has 0 heterocycles. The zero-order chi connectivity index (χ0) is 23.2. The third kappa shape index (κ3) is 8.23. The Bertz CT molecular complexity index is 911. The molecule has 0 aliphatic carbocycles. The van der Waals surface area contributed by atoms with Gasteiger partial charge in [-0.05, 0) is 63.1 Å². The Morgan fingerprint density at radius 3 is 2.26 bits per heavy atom. The van der Waals surface area contributed by atoms with E-state index in [0.29, 0.717) is 20.8 Å². The number of thioether (sulfide) groups is 1. The van der Waals surface area contributed by atoms with Crippen LogP contribution in [0, 0.1) is 0 Å². The summed E-state index contributed by atoms with van der Waals surface area (Å²) in [5.74, 6) is 0.333. The normalized spacial score (nSPS) is 12.4. The minimum atomic E-state index is -0.643. The summed E-state index contributed by atoms with van der Waals surface area (Å²) in [4.78, 5) is 27.5. The van der Waals surface area contributed by atoms with Crippen molar-refractivity contribution in [3.05, 3.63) is 68.7 Å². The third-order valence-corrected chi connectivity index (χ3v) is 6.33. The molecule has 0 fully saturated rings. The largest absolute Gasteiger partial charge is 0.350 e. The molecule has 31 heavy (non-hydrogen) atoms. The average Bonchev–Trinajstić information content (AvgIpc) is 2.66. The Labute approximate surface area is 203 Å². The van der Waals surface area contributed by atoms with Crippen molar-refractivity contribution < 1.29 is 9.59 Å². The van der Waals surface area contributed by atoms with Crippen LogP contribution in [0.25, 0.3) is 0 Å². The zero-order valence-electron chi connectivity index (χ0n) is 18.0. The summed E-state index contributed by atoms with van der Waals surface area (Å²) in [6.07, 6.45) is 0. The summed E-state index contributed by atoms with van der Waals surface area (Å²) in [6.45, 7) is 7.74. The van der Waals surface area contributed by atoms with Gasteiger partial charge in [-0.15, -0.1) is 11.8 Å². The summed E-state index contributed by atoms with van der Waals surface area (Å²) in [5, 5.41) is 4.67. The van der Waals surface area contributed by atoms with Gasteiger partial charge in [0.2, 0.25) is 11.8 Å². The van der Waals surface area contributed by atoms with Crippen molar-refractivity contribution in [3.8, 4) is 0 Å². The number of carbonyl (C=O) groups is 2. The molecular formula is C23H27Cl3N2O2S. The van der Waals surface area contributed by atoms with E-state index in [1.165, 1.54) is 11.8 Å². The molecule has 2 aromatic rings. The summed E-state index contributed by atoms with van der Waals surface area (Å²) in [5.41, 5.74) is 1.25. The van der Waals surface area contributed by atoms with E-state index in [1.807, 2.05) is 32.9 Å². The van der Waals surface area contributed by atoms with Crippen LogP contribution in [0.1, 0.15) is 38.8 Å². The van der Waals surface area contributed by atoms with E-state index in [1.54, 1.807) is 42.2 Å². The second-order valence-electron chi connectivity index (χ2n) is 8.26. The Balaban J connectivity index is 2.14. The Morgan fingerprint density at radius 2 is 1.68 bits per heavy atom. The molecule has 2 amide bonds. The summed E-state index contributed by atoms with van der Waals surface area (Å²) in [7, 11) is 0. The number of hydrogen-bond donors (Lipinski definition) is 1. The van der Waals surface area contributed by atoms with Gasteiger partial charge in [-0.3, -0.25) is 9.59 Å². The van der Waals surface area contributed by atoms with Gasteiger partial charge in [-0.25, -0.2) is 0 Å². The van der Waals surface area contributed by atoms with Crippen LogP contribution in [0.3, 0.4) is 0 Å². The van der Waals surface area contributed by atoms with Gasteiger partial charge in [-0.1, -0.05) is 53.0 Å². The fourth-order valence-corrected chi connectivity index (χ4v) is 4.74. The minimum Gasteiger partial charge on any atom is -0.350 e. The molecule has 0 spiro atoms. The molecule has 168 valence electrons. The van der Waals surface area contributed by atoms with Crippen molar-refractivity contribution in [2.75, 3.05) is 5.75 Å². The molecule has 0 bridgehead atoms. The molecule has 1 atom stereocenters. The van der Waals surface area contributed by atoms with Crippen LogP contribution in [0.2, 0.25) is 15.1 Å². The first kappa shape index (κ1) is 25.9. The van der Waals surface area contributed by atoms with Crippen molar-refractivity contribution in [1.29, 1.82) is 0 Å². The number of hydrogen-bond acceptors (Lipinski definition) is 3. The predicted molar refractivity (Wildman–Crippen MR) is 132 cm³/mol. The van der Waals surface area contributed by atoms with Gasteiger partial charge in [-0.2, -0.15) is 0 Å². The van der Waals surface area contributed by atoms with Gasteiger partial charge in [0.15, 0.2) is 0 Å². The monoisotopic (exact) mass is 500 g/mol. The maximum absolute atomic E-state index is 13.1. The highest BCUT2D eigenvalue weighted by Gasteiger charge is 2.28. The van der Waals surface area contributed by atoms with E-state index in [2.05, 4.69) is 5.32 Å². The van der Waals surface area contributed by atoms with E-state index < -0.39 is 11.6 Å². The van der Waals surface area contributed by atoms with Gasteiger partial charge < -0.3 is 10.2 Å². The number of nitrogens with zero attached hydrogens (tertiary/aromatic N) is 1. The highest BCUT2D eigenvalue weighted by molar-refractivity contribution is 7.99. The Hall–Kier alpha value is -1.40. The number of benzene rings is 2. The predicted octanol–water partition coefficient (Wildman–Crippen LogP) is 6.21. The molecule has 4 nitrogen and oxygen atoms in total. The highest BCUT2D eigenvalue weighted by Crippen LogP contribution is 2.28. The van der Waals surface area contributed by atoms with Crippen molar-refractivity contribution in [1.82, 2.24) is 10.2 Å². The molecule has 0 aromatic heterocycles. The van der Waals surface area contributed by atoms with Gasteiger partial charge in [0, 0.05) is 32.9 Å². The maximum Gasteiger partial charge on any atom is 0.242 e. The molecule has 0 aliphatic rings. The van der Waals surface area contributed by atoms with E-state index in [0.717, 1.165) is 11.1 Å². The third-order valence-electron chi connectivity index (χ3n) is 4.44. The molecule has 2 aromatic carbocycles. The smallest absolute Gasteiger partial charge is 0.242 e. The second-order valence-corrected chi connectivity index (χ2v) is 10.5. The van der Waals surface area contributed by atoms with E-state index >= 15 is 0 Å². The van der Waals surface area contributed by atoms with Gasteiger partial charge >= 0.3 is 0 Å². The Morgan fingerprint density at radius 1 is 1.06 bits per heavy atom. The van der Waals surface area contributed by atoms with Crippen LogP contribution in [0.4, 0.5) is 0 Å². The van der Waals surface area contributed by atoms with Gasteiger partial charge in [0.1, 0.15) is 6.04 Å². The lowest BCUT2D eigenvalue weighted by molar-refractivity contribution is -0.139. The second kappa shape index (κ2) is 11.5. The number of nitrogens with one attached hydrogen (secondary N) is 1. The molecule has 0 aliphatic heterocycles. The summed E-state index contributed by atoms with van der Waals surface area (Å²) >= 11 is 20.0. The van der Waals surface area contributed by atoms with Crippen LogP contribution in [0.5, 0.6) is 0 Å².